The first-order valence-electron chi connectivity index (χ1n) is 9.64. The fourth-order valence-electron chi connectivity index (χ4n) is 3.72. The SMILES string of the molecule is CS(=O)(=O)N[C@@H]1CCc2c(-c3noc(-c4ccc(OCC(F)F)c(C#N)c4)n3)cccc21. The van der Waals surface area contributed by atoms with Crippen LogP contribution in [0.5, 0.6) is 5.75 Å². The molecule has 1 aliphatic rings. The number of nitrogens with zero attached hydrogens (tertiary/aromatic N) is 3. The molecule has 1 N–H and O–H groups in total. The zero-order valence-electron chi connectivity index (χ0n) is 16.9. The van der Waals surface area contributed by atoms with E-state index in [2.05, 4.69) is 14.9 Å². The number of rotatable bonds is 7. The summed E-state index contributed by atoms with van der Waals surface area (Å²) in [6.07, 6.45) is -0.258. The molecule has 1 aliphatic carbocycles. The maximum Gasteiger partial charge on any atom is 0.272 e. The molecule has 0 saturated carbocycles. The van der Waals surface area contributed by atoms with Crippen molar-refractivity contribution in [3.05, 3.63) is 53.1 Å². The number of nitriles is 1. The molecule has 1 heterocycles. The van der Waals surface area contributed by atoms with Crippen LogP contribution in [0.3, 0.4) is 0 Å². The van der Waals surface area contributed by atoms with Gasteiger partial charge in [0.1, 0.15) is 18.4 Å². The molecule has 0 amide bonds. The molecular weight excluding hydrogens is 442 g/mol. The summed E-state index contributed by atoms with van der Waals surface area (Å²) in [6, 6.07) is 11.5. The van der Waals surface area contributed by atoms with E-state index in [0.29, 0.717) is 24.2 Å². The Bertz CT molecular complexity index is 1300. The molecular formula is C21H18F2N4O4S. The lowest BCUT2D eigenvalue weighted by Gasteiger charge is -2.12. The predicted molar refractivity (Wildman–Crippen MR) is 110 cm³/mol. The van der Waals surface area contributed by atoms with Crippen LogP contribution in [0.1, 0.15) is 29.2 Å². The fraction of sp³-hybridized carbons (Fsp3) is 0.286. The number of alkyl halides is 2. The highest BCUT2D eigenvalue weighted by Gasteiger charge is 2.28. The van der Waals surface area contributed by atoms with Crippen LogP contribution in [0.15, 0.2) is 40.9 Å². The van der Waals surface area contributed by atoms with Gasteiger partial charge in [0.15, 0.2) is 0 Å². The first-order valence-corrected chi connectivity index (χ1v) is 11.5. The Kier molecular flexibility index (Phi) is 5.90. The Hall–Kier alpha value is -3.36. The van der Waals surface area contributed by atoms with Crippen LogP contribution in [-0.2, 0) is 16.4 Å². The summed E-state index contributed by atoms with van der Waals surface area (Å²) in [5.74, 6) is 0.522. The molecule has 166 valence electrons. The molecule has 3 aromatic rings. The van der Waals surface area contributed by atoms with Gasteiger partial charge in [-0.25, -0.2) is 21.9 Å². The quantitative estimate of drug-likeness (QED) is 0.574. The van der Waals surface area contributed by atoms with E-state index in [1.165, 1.54) is 12.1 Å². The average molecular weight is 460 g/mol. The van der Waals surface area contributed by atoms with Crippen molar-refractivity contribution < 1.29 is 26.5 Å². The number of halogens is 2. The van der Waals surface area contributed by atoms with Gasteiger partial charge in [0.05, 0.1) is 11.8 Å². The summed E-state index contributed by atoms with van der Waals surface area (Å²) >= 11 is 0. The number of fused-ring (bicyclic) bond motifs is 1. The molecule has 0 radical (unpaired) electrons. The van der Waals surface area contributed by atoms with Gasteiger partial charge in [0, 0.05) is 17.2 Å². The van der Waals surface area contributed by atoms with Crippen molar-refractivity contribution in [2.45, 2.75) is 25.3 Å². The Morgan fingerprint density at radius 2 is 2.16 bits per heavy atom. The normalized spacial score (nSPS) is 15.5. The zero-order chi connectivity index (χ0) is 22.9. The summed E-state index contributed by atoms with van der Waals surface area (Å²) in [6.45, 7) is -0.812. The van der Waals surface area contributed by atoms with Crippen molar-refractivity contribution in [1.82, 2.24) is 14.9 Å². The van der Waals surface area contributed by atoms with Gasteiger partial charge < -0.3 is 9.26 Å². The minimum atomic E-state index is -3.36. The highest BCUT2D eigenvalue weighted by Crippen LogP contribution is 2.37. The Morgan fingerprint density at radius 3 is 2.88 bits per heavy atom. The lowest BCUT2D eigenvalue weighted by Crippen LogP contribution is -2.25. The summed E-state index contributed by atoms with van der Waals surface area (Å²) in [5, 5.41) is 13.4. The first-order chi connectivity index (χ1) is 15.2. The third kappa shape index (κ3) is 4.61. The molecule has 1 aromatic heterocycles. The van der Waals surface area contributed by atoms with Gasteiger partial charge in [-0.1, -0.05) is 23.4 Å². The summed E-state index contributed by atoms with van der Waals surface area (Å²) in [4.78, 5) is 4.42. The van der Waals surface area contributed by atoms with Gasteiger partial charge in [0.25, 0.3) is 12.3 Å². The molecule has 0 unspecified atom stereocenters. The van der Waals surface area contributed by atoms with E-state index in [1.807, 2.05) is 18.2 Å². The van der Waals surface area contributed by atoms with Gasteiger partial charge >= 0.3 is 0 Å². The number of benzene rings is 2. The average Bonchev–Trinajstić information content (AvgIpc) is 3.39. The largest absolute Gasteiger partial charge is 0.486 e. The Morgan fingerprint density at radius 1 is 1.34 bits per heavy atom. The third-order valence-electron chi connectivity index (χ3n) is 5.01. The molecule has 8 nitrogen and oxygen atoms in total. The molecule has 0 saturated heterocycles. The second-order valence-electron chi connectivity index (χ2n) is 7.30. The maximum absolute atomic E-state index is 12.4. The van der Waals surface area contributed by atoms with Gasteiger partial charge in [-0.15, -0.1) is 0 Å². The predicted octanol–water partition coefficient (Wildman–Crippen LogP) is 3.46. The summed E-state index contributed by atoms with van der Waals surface area (Å²) < 4.78 is 61.0. The van der Waals surface area contributed by atoms with Gasteiger partial charge in [-0.3, -0.25) is 0 Å². The molecule has 0 fully saturated rings. The zero-order valence-corrected chi connectivity index (χ0v) is 17.7. The first kappa shape index (κ1) is 21.9. The van der Waals surface area contributed by atoms with Crippen LogP contribution in [0, 0.1) is 11.3 Å². The number of hydrogen-bond acceptors (Lipinski definition) is 7. The van der Waals surface area contributed by atoms with E-state index in [4.69, 9.17) is 9.26 Å². The summed E-state index contributed by atoms with van der Waals surface area (Å²) in [7, 11) is -3.36. The number of aromatic nitrogens is 2. The van der Waals surface area contributed by atoms with Gasteiger partial charge in [0.2, 0.25) is 15.8 Å². The van der Waals surface area contributed by atoms with Crippen LogP contribution < -0.4 is 9.46 Å². The van der Waals surface area contributed by atoms with Crippen LogP contribution in [0.25, 0.3) is 22.8 Å². The third-order valence-corrected chi connectivity index (χ3v) is 5.72. The standard InChI is InChI=1S/C21H18F2N4O4S/c1-32(28,29)27-17-7-6-14-15(17)3-2-4-16(14)20-25-21(31-26-20)12-5-8-18(13(9-12)10-24)30-11-19(22)23/h2-5,8-9,17,19,27H,6-7,11H2,1H3/t17-/m1/s1. The minimum Gasteiger partial charge on any atom is -0.486 e. The van der Waals surface area contributed by atoms with E-state index in [9.17, 15) is 22.5 Å². The van der Waals surface area contributed by atoms with E-state index in [0.717, 1.165) is 22.9 Å². The van der Waals surface area contributed by atoms with Crippen molar-refractivity contribution in [3.8, 4) is 34.7 Å². The van der Waals surface area contributed by atoms with Crippen LogP contribution in [0.2, 0.25) is 0 Å². The van der Waals surface area contributed by atoms with E-state index >= 15 is 0 Å². The molecule has 0 bridgehead atoms. The highest BCUT2D eigenvalue weighted by atomic mass is 32.2. The minimum absolute atomic E-state index is 0.0431. The fourth-order valence-corrected chi connectivity index (χ4v) is 4.49. The molecule has 0 spiro atoms. The molecule has 32 heavy (non-hydrogen) atoms. The molecule has 11 heteroatoms. The Labute approximate surface area is 182 Å². The number of ether oxygens (including phenoxy) is 1. The highest BCUT2D eigenvalue weighted by molar-refractivity contribution is 7.88. The summed E-state index contributed by atoms with van der Waals surface area (Å²) in [5.41, 5.74) is 3.04. The molecule has 0 aliphatic heterocycles. The van der Waals surface area contributed by atoms with Crippen molar-refractivity contribution >= 4 is 10.0 Å². The van der Waals surface area contributed by atoms with E-state index in [1.54, 1.807) is 12.1 Å². The van der Waals surface area contributed by atoms with Gasteiger partial charge in [-0.05, 0) is 42.2 Å². The second kappa shape index (κ2) is 8.64. The lowest BCUT2D eigenvalue weighted by molar-refractivity contribution is 0.0818. The van der Waals surface area contributed by atoms with Crippen molar-refractivity contribution in [1.29, 1.82) is 5.26 Å². The number of hydrogen-bond donors (Lipinski definition) is 1. The van der Waals surface area contributed by atoms with Crippen molar-refractivity contribution in [3.63, 3.8) is 0 Å². The van der Waals surface area contributed by atoms with Gasteiger partial charge in [-0.2, -0.15) is 10.2 Å². The second-order valence-corrected chi connectivity index (χ2v) is 9.08. The Balaban J connectivity index is 1.63. The smallest absolute Gasteiger partial charge is 0.272 e. The monoisotopic (exact) mass is 460 g/mol. The molecule has 1 atom stereocenters. The van der Waals surface area contributed by atoms with Crippen LogP contribution >= 0.6 is 0 Å². The van der Waals surface area contributed by atoms with Crippen LogP contribution in [0.4, 0.5) is 8.78 Å². The molecule has 2 aromatic carbocycles. The van der Waals surface area contributed by atoms with Crippen molar-refractivity contribution in [2.24, 2.45) is 0 Å². The number of nitrogens with one attached hydrogen (secondary N) is 1. The molecule has 4 rings (SSSR count). The van der Waals surface area contributed by atoms with E-state index < -0.39 is 23.1 Å². The van der Waals surface area contributed by atoms with Crippen LogP contribution in [-0.4, -0.2) is 37.8 Å². The lowest BCUT2D eigenvalue weighted by atomic mass is 10.0. The maximum atomic E-state index is 12.4. The van der Waals surface area contributed by atoms with Crippen molar-refractivity contribution in [2.75, 3.05) is 12.9 Å². The van der Waals surface area contributed by atoms with E-state index in [-0.39, 0.29) is 23.2 Å². The number of sulfonamides is 1. The topological polar surface area (TPSA) is 118 Å².